The summed E-state index contributed by atoms with van der Waals surface area (Å²) in [7, 11) is 0. The Morgan fingerprint density at radius 1 is 1.23 bits per heavy atom. The number of hydrogen-bond donors (Lipinski definition) is 1. The van der Waals surface area contributed by atoms with E-state index in [1.807, 2.05) is 24.3 Å². The van der Waals surface area contributed by atoms with Crippen LogP contribution < -0.4 is 15.0 Å². The van der Waals surface area contributed by atoms with Gasteiger partial charge in [-0.15, -0.1) is 0 Å². The first-order valence-electron chi connectivity index (χ1n) is 8.45. The molecule has 6 heteroatoms. The third kappa shape index (κ3) is 3.83. The van der Waals surface area contributed by atoms with Crippen molar-refractivity contribution in [3.05, 3.63) is 54.1 Å². The second kappa shape index (κ2) is 7.70. The molecule has 2 amide bonds. The molecular weight excluding hydrogens is 330 g/mol. The highest BCUT2D eigenvalue weighted by Crippen LogP contribution is 2.29. The Hall–Kier alpha value is -3.33. The van der Waals surface area contributed by atoms with E-state index in [0.29, 0.717) is 35.7 Å². The number of nitrogens with zero attached hydrogens (tertiary/aromatic N) is 2. The smallest absolute Gasteiger partial charge is 0.265 e. The van der Waals surface area contributed by atoms with Crippen LogP contribution >= 0.6 is 0 Å². The Morgan fingerprint density at radius 2 is 1.96 bits per heavy atom. The van der Waals surface area contributed by atoms with Crippen molar-refractivity contribution in [3.63, 3.8) is 0 Å². The van der Waals surface area contributed by atoms with Crippen LogP contribution in [0.3, 0.4) is 0 Å². The Bertz CT molecular complexity index is 855. The molecule has 0 radical (unpaired) electrons. The summed E-state index contributed by atoms with van der Waals surface area (Å²) in [5.41, 5.74) is 1.82. The van der Waals surface area contributed by atoms with Crippen LogP contribution in [-0.4, -0.2) is 24.5 Å². The fourth-order valence-electron chi connectivity index (χ4n) is 2.82. The highest BCUT2D eigenvalue weighted by molar-refractivity contribution is 6.03. The Labute approximate surface area is 152 Å². The van der Waals surface area contributed by atoms with Gasteiger partial charge in [0, 0.05) is 13.0 Å². The van der Waals surface area contributed by atoms with Crippen molar-refractivity contribution in [2.45, 2.75) is 25.9 Å². The number of ether oxygens (including phenoxy) is 1. The van der Waals surface area contributed by atoms with Gasteiger partial charge in [0.15, 0.2) is 6.10 Å². The van der Waals surface area contributed by atoms with E-state index in [-0.39, 0.29) is 11.8 Å². The second-order valence-electron chi connectivity index (χ2n) is 6.05. The van der Waals surface area contributed by atoms with Gasteiger partial charge in [0.2, 0.25) is 5.91 Å². The monoisotopic (exact) mass is 349 g/mol. The summed E-state index contributed by atoms with van der Waals surface area (Å²) in [6, 6.07) is 15.9. The molecule has 0 aliphatic carbocycles. The molecule has 1 N–H and O–H groups in total. The zero-order chi connectivity index (χ0) is 18.5. The van der Waals surface area contributed by atoms with Crippen molar-refractivity contribution < 1.29 is 14.3 Å². The number of nitriles is 1. The molecule has 0 saturated carbocycles. The largest absolute Gasteiger partial charge is 0.481 e. The lowest BCUT2D eigenvalue weighted by molar-refractivity contribution is -0.122. The Balaban J connectivity index is 1.69. The quantitative estimate of drug-likeness (QED) is 0.899. The molecule has 6 nitrogen and oxygen atoms in total. The predicted octanol–water partition coefficient (Wildman–Crippen LogP) is 3.09. The van der Waals surface area contributed by atoms with Gasteiger partial charge < -0.3 is 15.0 Å². The van der Waals surface area contributed by atoms with Crippen LogP contribution in [-0.2, 0) is 9.59 Å². The summed E-state index contributed by atoms with van der Waals surface area (Å²) in [6.07, 6.45) is 0.616. The van der Waals surface area contributed by atoms with Crippen LogP contribution in [0.5, 0.6) is 5.75 Å². The van der Waals surface area contributed by atoms with Crippen LogP contribution in [0, 0.1) is 11.3 Å². The number of nitrogens with one attached hydrogen (secondary N) is 1. The molecule has 0 aromatic heterocycles. The normalized spacial score (nSPS) is 14.6. The van der Waals surface area contributed by atoms with Gasteiger partial charge in [-0.05, 0) is 49.7 Å². The molecule has 1 atom stereocenters. The van der Waals surface area contributed by atoms with Gasteiger partial charge in [-0.1, -0.05) is 12.1 Å². The summed E-state index contributed by atoms with van der Waals surface area (Å²) in [5.74, 6) is 0.261. The van der Waals surface area contributed by atoms with E-state index in [1.165, 1.54) is 0 Å². The van der Waals surface area contributed by atoms with E-state index in [2.05, 4.69) is 5.32 Å². The van der Waals surface area contributed by atoms with E-state index in [4.69, 9.17) is 10.00 Å². The summed E-state index contributed by atoms with van der Waals surface area (Å²) in [6.45, 7) is 2.31. The number of carbonyl (C=O) groups excluding carboxylic acids is 2. The van der Waals surface area contributed by atoms with Crippen LogP contribution in [0.15, 0.2) is 48.5 Å². The highest BCUT2D eigenvalue weighted by atomic mass is 16.5. The standard InChI is InChI=1S/C20H19N3O3/c1-14(26-16-10-8-15(13-21)9-11-16)20(25)22-17-5-2-3-6-18(17)23-12-4-7-19(23)24/h2-3,5-6,8-11,14H,4,7,12H2,1H3,(H,22,25)/t14-/m0/s1. The van der Waals surface area contributed by atoms with Crippen LogP contribution in [0.4, 0.5) is 11.4 Å². The minimum absolute atomic E-state index is 0.0635. The molecule has 0 unspecified atom stereocenters. The van der Waals surface area contributed by atoms with Gasteiger partial charge in [-0.2, -0.15) is 5.26 Å². The van der Waals surface area contributed by atoms with Crippen molar-refractivity contribution in [3.8, 4) is 11.8 Å². The Morgan fingerprint density at radius 3 is 2.62 bits per heavy atom. The van der Waals surface area contributed by atoms with Crippen LogP contribution in [0.1, 0.15) is 25.3 Å². The number of hydrogen-bond acceptors (Lipinski definition) is 4. The van der Waals surface area contributed by atoms with E-state index >= 15 is 0 Å². The predicted molar refractivity (Wildman–Crippen MR) is 97.9 cm³/mol. The zero-order valence-electron chi connectivity index (χ0n) is 14.4. The number of rotatable bonds is 5. The average Bonchev–Trinajstić information content (AvgIpc) is 3.08. The molecule has 1 heterocycles. The molecule has 1 aliphatic rings. The minimum Gasteiger partial charge on any atom is -0.481 e. The SMILES string of the molecule is C[C@H](Oc1ccc(C#N)cc1)C(=O)Nc1ccccc1N1CCCC1=O. The highest BCUT2D eigenvalue weighted by Gasteiger charge is 2.25. The van der Waals surface area contributed by atoms with Crippen molar-refractivity contribution in [2.24, 2.45) is 0 Å². The molecule has 132 valence electrons. The van der Waals surface area contributed by atoms with Gasteiger partial charge in [0.05, 0.1) is 23.0 Å². The van der Waals surface area contributed by atoms with Crippen molar-refractivity contribution in [1.29, 1.82) is 5.26 Å². The third-order valence-electron chi connectivity index (χ3n) is 4.19. The summed E-state index contributed by atoms with van der Waals surface area (Å²) < 4.78 is 5.63. The maximum Gasteiger partial charge on any atom is 0.265 e. The number of benzene rings is 2. The molecule has 1 saturated heterocycles. The molecule has 0 bridgehead atoms. The fraction of sp³-hybridized carbons (Fsp3) is 0.250. The lowest BCUT2D eigenvalue weighted by atomic mass is 10.2. The van der Waals surface area contributed by atoms with Gasteiger partial charge in [-0.3, -0.25) is 9.59 Å². The van der Waals surface area contributed by atoms with E-state index in [9.17, 15) is 9.59 Å². The first-order valence-corrected chi connectivity index (χ1v) is 8.45. The summed E-state index contributed by atoms with van der Waals surface area (Å²) in [4.78, 5) is 26.2. The van der Waals surface area contributed by atoms with E-state index < -0.39 is 6.10 Å². The summed E-state index contributed by atoms with van der Waals surface area (Å²) in [5, 5.41) is 11.7. The first kappa shape index (κ1) is 17.5. The molecule has 3 rings (SSSR count). The fourth-order valence-corrected chi connectivity index (χ4v) is 2.82. The topological polar surface area (TPSA) is 82.4 Å². The van der Waals surface area contributed by atoms with Gasteiger partial charge in [0.25, 0.3) is 5.91 Å². The molecule has 26 heavy (non-hydrogen) atoms. The minimum atomic E-state index is -0.731. The lowest BCUT2D eigenvalue weighted by Gasteiger charge is -2.21. The molecule has 2 aromatic rings. The molecule has 1 aliphatic heterocycles. The zero-order valence-corrected chi connectivity index (χ0v) is 14.4. The number of carbonyl (C=O) groups is 2. The van der Waals surface area contributed by atoms with Crippen molar-refractivity contribution >= 4 is 23.2 Å². The van der Waals surface area contributed by atoms with Gasteiger partial charge in [-0.25, -0.2) is 0 Å². The third-order valence-corrected chi connectivity index (χ3v) is 4.19. The number of para-hydroxylation sites is 2. The molecule has 0 spiro atoms. The lowest BCUT2D eigenvalue weighted by Crippen LogP contribution is -2.31. The Kier molecular flexibility index (Phi) is 5.18. The molecule has 2 aromatic carbocycles. The van der Waals surface area contributed by atoms with Crippen molar-refractivity contribution in [2.75, 3.05) is 16.8 Å². The van der Waals surface area contributed by atoms with Crippen molar-refractivity contribution in [1.82, 2.24) is 0 Å². The average molecular weight is 349 g/mol. The number of anilines is 2. The number of amides is 2. The first-order chi connectivity index (χ1) is 12.6. The molecule has 1 fully saturated rings. The molecular formula is C20H19N3O3. The van der Waals surface area contributed by atoms with E-state index in [0.717, 1.165) is 6.42 Å². The van der Waals surface area contributed by atoms with Gasteiger partial charge >= 0.3 is 0 Å². The maximum atomic E-state index is 12.5. The van der Waals surface area contributed by atoms with Crippen LogP contribution in [0.2, 0.25) is 0 Å². The van der Waals surface area contributed by atoms with Gasteiger partial charge in [0.1, 0.15) is 5.75 Å². The summed E-state index contributed by atoms with van der Waals surface area (Å²) >= 11 is 0. The van der Waals surface area contributed by atoms with Crippen LogP contribution in [0.25, 0.3) is 0 Å². The van der Waals surface area contributed by atoms with E-state index in [1.54, 1.807) is 42.2 Å². The second-order valence-corrected chi connectivity index (χ2v) is 6.05. The maximum absolute atomic E-state index is 12.5.